The number of carbonyl (C=O) groups excluding carboxylic acids is 2. The van der Waals surface area contributed by atoms with Crippen LogP contribution in [0.1, 0.15) is 47.6 Å². The van der Waals surface area contributed by atoms with E-state index in [1.807, 2.05) is 23.6 Å². The van der Waals surface area contributed by atoms with Crippen molar-refractivity contribution in [3.8, 4) is 0 Å². The lowest BCUT2D eigenvalue weighted by atomic mass is 9.96. The maximum Gasteiger partial charge on any atom is 0.257 e. The molecule has 0 bridgehead atoms. The van der Waals surface area contributed by atoms with Crippen LogP contribution in [0.3, 0.4) is 0 Å². The van der Waals surface area contributed by atoms with E-state index < -0.39 is 0 Å². The van der Waals surface area contributed by atoms with Crippen molar-refractivity contribution in [3.63, 3.8) is 0 Å². The zero-order valence-electron chi connectivity index (χ0n) is 13.4. The summed E-state index contributed by atoms with van der Waals surface area (Å²) in [6.07, 6.45) is 4.00. The fourth-order valence-electron chi connectivity index (χ4n) is 3.57. The molecule has 2 amide bonds. The Morgan fingerprint density at radius 2 is 1.77 bits per heavy atom. The molecule has 3 heterocycles. The van der Waals surface area contributed by atoms with Gasteiger partial charge in [-0.05, 0) is 45.6 Å². The number of piperidine rings is 1. The summed E-state index contributed by atoms with van der Waals surface area (Å²) in [6, 6.07) is 1.80. The summed E-state index contributed by atoms with van der Waals surface area (Å²) in [4.78, 5) is 29.0. The van der Waals surface area contributed by atoms with Crippen LogP contribution < -0.4 is 0 Å². The zero-order chi connectivity index (χ0) is 15.7. The molecule has 1 aromatic rings. The van der Waals surface area contributed by atoms with Crippen LogP contribution >= 0.6 is 0 Å². The third kappa shape index (κ3) is 2.89. The van der Waals surface area contributed by atoms with E-state index in [0.29, 0.717) is 17.9 Å². The minimum Gasteiger partial charge on any atom is -0.466 e. The first-order valence-corrected chi connectivity index (χ1v) is 8.21. The molecule has 0 aliphatic carbocycles. The average molecular weight is 304 g/mol. The van der Waals surface area contributed by atoms with Gasteiger partial charge in [0.2, 0.25) is 5.91 Å². The number of hydrogen-bond donors (Lipinski definition) is 0. The molecule has 2 fully saturated rings. The van der Waals surface area contributed by atoms with Gasteiger partial charge in [-0.25, -0.2) is 0 Å². The Bertz CT molecular complexity index is 572. The lowest BCUT2D eigenvalue weighted by Crippen LogP contribution is -2.46. The van der Waals surface area contributed by atoms with Gasteiger partial charge in [0.15, 0.2) is 0 Å². The monoisotopic (exact) mass is 304 g/mol. The number of aryl methyl sites for hydroxylation is 2. The standard InChI is InChI=1S/C17H24N2O3/c1-12-10-15(13(2)22-12)17(21)19-9-5-6-14(11-19)16(20)18-7-3-4-8-18/h10,14H,3-9,11H2,1-2H3/t14-/m0/s1. The van der Waals surface area contributed by atoms with Crippen molar-refractivity contribution in [1.29, 1.82) is 0 Å². The van der Waals surface area contributed by atoms with Crippen molar-refractivity contribution in [2.24, 2.45) is 5.92 Å². The van der Waals surface area contributed by atoms with E-state index in [4.69, 9.17) is 4.42 Å². The van der Waals surface area contributed by atoms with Crippen molar-refractivity contribution in [2.75, 3.05) is 26.2 Å². The highest BCUT2D eigenvalue weighted by atomic mass is 16.3. The number of nitrogens with zero attached hydrogens (tertiary/aromatic N) is 2. The SMILES string of the molecule is Cc1cc(C(=O)N2CCC[C@H](C(=O)N3CCCC3)C2)c(C)o1. The first-order chi connectivity index (χ1) is 10.6. The number of amides is 2. The number of likely N-dealkylation sites (tertiary alicyclic amines) is 2. The first kappa shape index (κ1) is 15.1. The number of hydrogen-bond acceptors (Lipinski definition) is 3. The van der Waals surface area contributed by atoms with E-state index in [9.17, 15) is 9.59 Å². The highest BCUT2D eigenvalue weighted by molar-refractivity contribution is 5.95. The molecule has 2 aliphatic rings. The van der Waals surface area contributed by atoms with Gasteiger partial charge in [0.1, 0.15) is 11.5 Å². The van der Waals surface area contributed by atoms with Gasteiger partial charge in [-0.2, -0.15) is 0 Å². The zero-order valence-corrected chi connectivity index (χ0v) is 13.4. The fourth-order valence-corrected chi connectivity index (χ4v) is 3.57. The molecule has 5 heteroatoms. The Morgan fingerprint density at radius 3 is 2.41 bits per heavy atom. The molecule has 1 aromatic heterocycles. The van der Waals surface area contributed by atoms with E-state index in [0.717, 1.165) is 51.1 Å². The second-order valence-corrected chi connectivity index (χ2v) is 6.45. The summed E-state index contributed by atoms with van der Waals surface area (Å²) in [7, 11) is 0. The predicted molar refractivity (Wildman–Crippen MR) is 82.6 cm³/mol. The van der Waals surface area contributed by atoms with Gasteiger partial charge in [-0.15, -0.1) is 0 Å². The molecular weight excluding hydrogens is 280 g/mol. The van der Waals surface area contributed by atoms with Gasteiger partial charge in [0.05, 0.1) is 11.5 Å². The highest BCUT2D eigenvalue weighted by Gasteiger charge is 2.33. The van der Waals surface area contributed by atoms with Gasteiger partial charge >= 0.3 is 0 Å². The summed E-state index contributed by atoms with van der Waals surface area (Å²) in [5, 5.41) is 0. The Kier molecular flexibility index (Phi) is 4.23. The Balaban J connectivity index is 1.68. The van der Waals surface area contributed by atoms with Crippen LogP contribution in [0, 0.1) is 19.8 Å². The molecule has 2 saturated heterocycles. The van der Waals surface area contributed by atoms with E-state index in [1.165, 1.54) is 0 Å². The van der Waals surface area contributed by atoms with Gasteiger partial charge in [0.25, 0.3) is 5.91 Å². The second-order valence-electron chi connectivity index (χ2n) is 6.45. The summed E-state index contributed by atoms with van der Waals surface area (Å²) < 4.78 is 5.46. The lowest BCUT2D eigenvalue weighted by Gasteiger charge is -2.33. The molecule has 0 spiro atoms. The summed E-state index contributed by atoms with van der Waals surface area (Å²) in [5.74, 6) is 1.60. The highest BCUT2D eigenvalue weighted by Crippen LogP contribution is 2.24. The van der Waals surface area contributed by atoms with E-state index in [1.54, 1.807) is 6.07 Å². The van der Waals surface area contributed by atoms with E-state index >= 15 is 0 Å². The van der Waals surface area contributed by atoms with Gasteiger partial charge < -0.3 is 14.2 Å². The minimum atomic E-state index is -0.0379. The molecule has 0 N–H and O–H groups in total. The maximum absolute atomic E-state index is 12.7. The number of rotatable bonds is 2. The quantitative estimate of drug-likeness (QED) is 0.843. The van der Waals surface area contributed by atoms with Crippen LogP contribution in [0.25, 0.3) is 0 Å². The molecule has 120 valence electrons. The first-order valence-electron chi connectivity index (χ1n) is 8.21. The smallest absolute Gasteiger partial charge is 0.257 e. The molecule has 3 rings (SSSR count). The number of furan rings is 1. The Morgan fingerprint density at radius 1 is 1.09 bits per heavy atom. The maximum atomic E-state index is 12.7. The molecule has 22 heavy (non-hydrogen) atoms. The van der Waals surface area contributed by atoms with Gasteiger partial charge in [0, 0.05) is 26.2 Å². The topological polar surface area (TPSA) is 53.8 Å². The molecule has 0 saturated carbocycles. The Labute approximate surface area is 131 Å². The normalized spacial score (nSPS) is 22.2. The van der Waals surface area contributed by atoms with Crippen molar-refractivity contribution in [2.45, 2.75) is 39.5 Å². The third-order valence-corrected chi connectivity index (χ3v) is 4.75. The summed E-state index contributed by atoms with van der Waals surface area (Å²) in [5.41, 5.74) is 0.631. The predicted octanol–water partition coefficient (Wildman–Crippen LogP) is 2.37. The second kappa shape index (κ2) is 6.15. The fraction of sp³-hybridized carbons (Fsp3) is 0.647. The Hall–Kier alpha value is -1.78. The van der Waals surface area contributed by atoms with Crippen molar-refractivity contribution in [1.82, 2.24) is 9.80 Å². The molecule has 0 radical (unpaired) electrons. The van der Waals surface area contributed by atoms with Crippen LogP contribution in [0.4, 0.5) is 0 Å². The van der Waals surface area contributed by atoms with Crippen LogP contribution in [-0.2, 0) is 4.79 Å². The van der Waals surface area contributed by atoms with Crippen LogP contribution in [0.5, 0.6) is 0 Å². The average Bonchev–Trinajstić information content (AvgIpc) is 3.15. The van der Waals surface area contributed by atoms with Crippen LogP contribution in [0.2, 0.25) is 0 Å². The van der Waals surface area contributed by atoms with Crippen molar-refractivity contribution >= 4 is 11.8 Å². The van der Waals surface area contributed by atoms with E-state index in [2.05, 4.69) is 0 Å². The molecule has 0 aromatic carbocycles. The molecular formula is C17H24N2O3. The molecule has 1 atom stereocenters. The van der Waals surface area contributed by atoms with E-state index in [-0.39, 0.29) is 17.7 Å². The van der Waals surface area contributed by atoms with Crippen LogP contribution in [-0.4, -0.2) is 47.8 Å². The number of carbonyl (C=O) groups is 2. The third-order valence-electron chi connectivity index (χ3n) is 4.75. The minimum absolute atomic E-state index is 0.00623. The molecule has 2 aliphatic heterocycles. The van der Waals surface area contributed by atoms with Crippen molar-refractivity contribution in [3.05, 3.63) is 23.2 Å². The van der Waals surface area contributed by atoms with Gasteiger partial charge in [-0.1, -0.05) is 0 Å². The largest absolute Gasteiger partial charge is 0.466 e. The summed E-state index contributed by atoms with van der Waals surface area (Å²) in [6.45, 7) is 6.69. The van der Waals surface area contributed by atoms with Gasteiger partial charge in [-0.3, -0.25) is 9.59 Å². The van der Waals surface area contributed by atoms with Crippen molar-refractivity contribution < 1.29 is 14.0 Å². The lowest BCUT2D eigenvalue weighted by molar-refractivity contribution is -0.135. The van der Waals surface area contributed by atoms with Crippen LogP contribution in [0.15, 0.2) is 10.5 Å². The molecule has 5 nitrogen and oxygen atoms in total. The summed E-state index contributed by atoms with van der Waals surface area (Å²) >= 11 is 0. The molecule has 0 unspecified atom stereocenters.